The molecule has 0 aliphatic heterocycles. The lowest BCUT2D eigenvalue weighted by Gasteiger charge is -2.05. The number of pyridine rings is 1. The Hall–Kier alpha value is -1.03. The number of hydrogen-bond donors (Lipinski definition) is 2. The number of phenols is 1. The van der Waals surface area contributed by atoms with Crippen LogP contribution in [-0.2, 0) is 6.54 Å². The first-order chi connectivity index (χ1) is 6.33. The van der Waals surface area contributed by atoms with E-state index < -0.39 is 0 Å². The Morgan fingerprint density at radius 2 is 1.93 bits per heavy atom. The smallest absolute Gasteiger partial charge is 0.120 e. The highest BCUT2D eigenvalue weighted by molar-refractivity contribution is 5.85. The van der Waals surface area contributed by atoms with Crippen molar-refractivity contribution < 1.29 is 5.11 Å². The fourth-order valence-corrected chi connectivity index (χ4v) is 1.42. The maximum absolute atomic E-state index is 9.50. The second-order valence-electron chi connectivity index (χ2n) is 2.84. The number of halogens is 2. The van der Waals surface area contributed by atoms with Crippen LogP contribution >= 0.6 is 24.8 Å². The SMILES string of the molecule is Cl.Cl.NCc1c(O)ccc2ncccc12. The first-order valence-electron chi connectivity index (χ1n) is 4.08. The van der Waals surface area contributed by atoms with Gasteiger partial charge in [-0.3, -0.25) is 4.98 Å². The van der Waals surface area contributed by atoms with Crippen LogP contribution in [0.5, 0.6) is 5.75 Å². The Kier molecular flexibility index (Phi) is 5.36. The molecule has 0 saturated heterocycles. The zero-order valence-electron chi connectivity index (χ0n) is 7.88. The van der Waals surface area contributed by atoms with Gasteiger partial charge in [0.05, 0.1) is 5.52 Å². The number of phenolic OH excluding ortho intramolecular Hbond substituents is 1. The summed E-state index contributed by atoms with van der Waals surface area (Å²) in [6.07, 6.45) is 1.72. The van der Waals surface area contributed by atoms with Gasteiger partial charge in [0.1, 0.15) is 5.75 Å². The summed E-state index contributed by atoms with van der Waals surface area (Å²) in [7, 11) is 0. The van der Waals surface area contributed by atoms with Crippen LogP contribution in [0, 0.1) is 0 Å². The van der Waals surface area contributed by atoms with E-state index in [1.165, 1.54) is 0 Å². The first kappa shape index (κ1) is 14.0. The van der Waals surface area contributed by atoms with Crippen molar-refractivity contribution in [3.8, 4) is 5.75 Å². The molecule has 0 unspecified atom stereocenters. The lowest BCUT2D eigenvalue weighted by Crippen LogP contribution is -1.98. The Morgan fingerprint density at radius 1 is 1.20 bits per heavy atom. The zero-order valence-corrected chi connectivity index (χ0v) is 9.52. The van der Waals surface area contributed by atoms with Crippen molar-refractivity contribution in [1.82, 2.24) is 4.98 Å². The number of benzene rings is 1. The average molecular weight is 247 g/mol. The fourth-order valence-electron chi connectivity index (χ4n) is 1.42. The molecule has 0 fully saturated rings. The minimum Gasteiger partial charge on any atom is -0.508 e. The van der Waals surface area contributed by atoms with Gasteiger partial charge in [0.25, 0.3) is 0 Å². The van der Waals surface area contributed by atoms with Crippen LogP contribution in [0.25, 0.3) is 10.9 Å². The third-order valence-corrected chi connectivity index (χ3v) is 2.08. The van der Waals surface area contributed by atoms with Crippen LogP contribution in [-0.4, -0.2) is 10.1 Å². The Morgan fingerprint density at radius 3 is 2.60 bits per heavy atom. The van der Waals surface area contributed by atoms with Gasteiger partial charge in [0.15, 0.2) is 0 Å². The highest BCUT2D eigenvalue weighted by atomic mass is 35.5. The fraction of sp³-hybridized carbons (Fsp3) is 0.100. The number of hydrogen-bond acceptors (Lipinski definition) is 3. The average Bonchev–Trinajstić information content (AvgIpc) is 2.18. The Balaban J connectivity index is 0.000000980. The van der Waals surface area contributed by atoms with Crippen LogP contribution < -0.4 is 5.73 Å². The van der Waals surface area contributed by atoms with Gasteiger partial charge in [-0.2, -0.15) is 0 Å². The number of fused-ring (bicyclic) bond motifs is 1. The number of rotatable bonds is 1. The third kappa shape index (κ3) is 2.50. The van der Waals surface area contributed by atoms with Crippen molar-refractivity contribution in [3.63, 3.8) is 0 Å². The molecule has 0 aliphatic rings. The highest BCUT2D eigenvalue weighted by Crippen LogP contribution is 2.24. The van der Waals surface area contributed by atoms with Crippen molar-refractivity contribution >= 4 is 35.7 Å². The van der Waals surface area contributed by atoms with E-state index >= 15 is 0 Å². The Labute approximate surface area is 100 Å². The molecule has 0 amide bonds. The summed E-state index contributed by atoms with van der Waals surface area (Å²) in [4.78, 5) is 4.16. The monoisotopic (exact) mass is 246 g/mol. The molecule has 0 spiro atoms. The molecule has 3 N–H and O–H groups in total. The lowest BCUT2D eigenvalue weighted by atomic mass is 10.1. The van der Waals surface area contributed by atoms with E-state index in [9.17, 15) is 5.11 Å². The second kappa shape index (κ2) is 5.75. The maximum Gasteiger partial charge on any atom is 0.120 e. The molecule has 2 aromatic rings. The van der Waals surface area contributed by atoms with Crippen LogP contribution in [0.1, 0.15) is 5.56 Å². The molecule has 3 nitrogen and oxygen atoms in total. The van der Waals surface area contributed by atoms with E-state index in [2.05, 4.69) is 4.98 Å². The number of nitrogens with zero attached hydrogens (tertiary/aromatic N) is 1. The molecule has 0 aliphatic carbocycles. The van der Waals surface area contributed by atoms with E-state index in [4.69, 9.17) is 5.73 Å². The molecule has 0 bridgehead atoms. The van der Waals surface area contributed by atoms with Crippen LogP contribution in [0.4, 0.5) is 0 Å². The van der Waals surface area contributed by atoms with Crippen molar-refractivity contribution in [2.24, 2.45) is 5.73 Å². The van der Waals surface area contributed by atoms with Gasteiger partial charge in [-0.25, -0.2) is 0 Å². The van der Waals surface area contributed by atoms with Crippen molar-refractivity contribution in [2.75, 3.05) is 0 Å². The predicted octanol–water partition coefficient (Wildman–Crippen LogP) is 2.24. The Bertz CT molecular complexity index is 448. The quantitative estimate of drug-likeness (QED) is 0.812. The molecule has 5 heteroatoms. The number of nitrogens with two attached hydrogens (primary N) is 1. The number of aromatic nitrogens is 1. The summed E-state index contributed by atoms with van der Waals surface area (Å²) in [6.45, 7) is 0.328. The van der Waals surface area contributed by atoms with E-state index in [1.54, 1.807) is 18.3 Å². The van der Waals surface area contributed by atoms with Crippen molar-refractivity contribution in [2.45, 2.75) is 6.54 Å². The predicted molar refractivity (Wildman–Crippen MR) is 65.8 cm³/mol. The van der Waals surface area contributed by atoms with Gasteiger partial charge in [0.2, 0.25) is 0 Å². The number of aromatic hydroxyl groups is 1. The summed E-state index contributed by atoms with van der Waals surface area (Å²) in [6, 6.07) is 7.15. The standard InChI is InChI=1S/C10H10N2O.2ClH/c11-6-8-7-2-1-5-12-9(7)3-4-10(8)13;;/h1-5,13H,6,11H2;2*1H. The lowest BCUT2D eigenvalue weighted by molar-refractivity contribution is 0.469. The molecule has 15 heavy (non-hydrogen) atoms. The van der Waals surface area contributed by atoms with E-state index in [1.807, 2.05) is 12.1 Å². The van der Waals surface area contributed by atoms with Crippen molar-refractivity contribution in [1.29, 1.82) is 0 Å². The molecule has 0 radical (unpaired) electrons. The molecule has 1 aromatic heterocycles. The van der Waals surface area contributed by atoms with Gasteiger partial charge < -0.3 is 10.8 Å². The van der Waals surface area contributed by atoms with Gasteiger partial charge >= 0.3 is 0 Å². The molecule has 82 valence electrons. The van der Waals surface area contributed by atoms with Gasteiger partial charge in [0, 0.05) is 23.7 Å². The molecule has 0 saturated carbocycles. The maximum atomic E-state index is 9.50. The summed E-state index contributed by atoms with van der Waals surface area (Å²) >= 11 is 0. The summed E-state index contributed by atoms with van der Waals surface area (Å²) < 4.78 is 0. The first-order valence-corrected chi connectivity index (χ1v) is 4.08. The normalized spacial score (nSPS) is 9.13. The van der Waals surface area contributed by atoms with Crippen LogP contribution in [0.15, 0.2) is 30.5 Å². The summed E-state index contributed by atoms with van der Waals surface area (Å²) in [5, 5.41) is 10.4. The minimum atomic E-state index is 0. The molecular formula is C10H12Cl2N2O. The second-order valence-corrected chi connectivity index (χ2v) is 2.84. The van der Waals surface area contributed by atoms with Gasteiger partial charge in [-0.05, 0) is 18.2 Å². The molecule has 0 atom stereocenters. The van der Waals surface area contributed by atoms with Crippen LogP contribution in [0.3, 0.4) is 0 Å². The van der Waals surface area contributed by atoms with E-state index in [0.29, 0.717) is 6.54 Å². The topological polar surface area (TPSA) is 59.1 Å². The zero-order chi connectivity index (χ0) is 9.26. The molecular weight excluding hydrogens is 235 g/mol. The van der Waals surface area contributed by atoms with Crippen molar-refractivity contribution in [3.05, 3.63) is 36.0 Å². The minimum absolute atomic E-state index is 0. The largest absolute Gasteiger partial charge is 0.508 e. The molecule has 2 rings (SSSR count). The van der Waals surface area contributed by atoms with Gasteiger partial charge in [-0.1, -0.05) is 6.07 Å². The van der Waals surface area contributed by atoms with Gasteiger partial charge in [-0.15, -0.1) is 24.8 Å². The molecule has 1 aromatic carbocycles. The summed E-state index contributed by atoms with van der Waals surface area (Å²) in [5.74, 6) is 0.239. The third-order valence-electron chi connectivity index (χ3n) is 2.08. The van der Waals surface area contributed by atoms with Crippen LogP contribution in [0.2, 0.25) is 0 Å². The van der Waals surface area contributed by atoms with E-state index in [0.717, 1.165) is 16.5 Å². The summed E-state index contributed by atoms with van der Waals surface area (Å²) in [5.41, 5.74) is 7.15. The molecule has 1 heterocycles. The van der Waals surface area contributed by atoms with E-state index in [-0.39, 0.29) is 30.6 Å². The highest BCUT2D eigenvalue weighted by Gasteiger charge is 2.04.